The highest BCUT2D eigenvalue weighted by Gasteiger charge is 2.25. The third-order valence-electron chi connectivity index (χ3n) is 4.19. The SMILES string of the molecule is CCCCOc1ccc(OC)cc1NC(=O)[C@H]1CCN[C@@H](C)C1.Cl. The fraction of sp³-hybridized carbons (Fsp3) is 0.611. The first-order valence-corrected chi connectivity index (χ1v) is 8.49. The van der Waals surface area contributed by atoms with E-state index in [4.69, 9.17) is 9.47 Å². The minimum atomic E-state index is 0. The van der Waals surface area contributed by atoms with Gasteiger partial charge in [-0.3, -0.25) is 4.79 Å². The first kappa shape index (κ1) is 20.6. The summed E-state index contributed by atoms with van der Waals surface area (Å²) in [6.07, 6.45) is 3.80. The molecule has 0 saturated carbocycles. The van der Waals surface area contributed by atoms with Crippen LogP contribution in [0.1, 0.15) is 39.5 Å². The van der Waals surface area contributed by atoms with Gasteiger partial charge in [0.2, 0.25) is 5.91 Å². The van der Waals surface area contributed by atoms with Gasteiger partial charge in [-0.05, 0) is 44.9 Å². The highest BCUT2D eigenvalue weighted by atomic mass is 35.5. The Morgan fingerprint density at radius 3 is 2.88 bits per heavy atom. The number of unbranched alkanes of at least 4 members (excludes halogenated alkanes) is 1. The second kappa shape index (κ2) is 10.4. The number of carbonyl (C=O) groups is 1. The molecule has 1 aromatic carbocycles. The summed E-state index contributed by atoms with van der Waals surface area (Å²) in [7, 11) is 1.62. The average molecular weight is 357 g/mol. The molecule has 1 amide bonds. The number of hydrogen-bond donors (Lipinski definition) is 2. The zero-order valence-corrected chi connectivity index (χ0v) is 15.6. The van der Waals surface area contributed by atoms with E-state index in [2.05, 4.69) is 24.5 Å². The molecular formula is C18H29ClN2O3. The summed E-state index contributed by atoms with van der Waals surface area (Å²) in [4.78, 5) is 12.6. The Morgan fingerprint density at radius 1 is 1.42 bits per heavy atom. The standard InChI is InChI=1S/C18H28N2O3.ClH/c1-4-5-10-23-17-7-6-15(22-3)12-16(17)20-18(21)14-8-9-19-13(2)11-14;/h6-7,12-14,19H,4-5,8-11H2,1-3H3,(H,20,21);1H/t13-,14-;/m0./s1. The molecule has 0 aliphatic carbocycles. The largest absolute Gasteiger partial charge is 0.497 e. The second-order valence-corrected chi connectivity index (χ2v) is 6.13. The third-order valence-corrected chi connectivity index (χ3v) is 4.19. The molecule has 1 fully saturated rings. The van der Waals surface area contributed by atoms with E-state index in [1.807, 2.05) is 18.2 Å². The highest BCUT2D eigenvalue weighted by Crippen LogP contribution is 2.30. The Balaban J connectivity index is 0.00000288. The number of piperidine rings is 1. The van der Waals surface area contributed by atoms with Crippen molar-refractivity contribution in [1.29, 1.82) is 0 Å². The zero-order valence-electron chi connectivity index (χ0n) is 14.8. The first-order valence-electron chi connectivity index (χ1n) is 8.49. The van der Waals surface area contributed by atoms with E-state index in [0.717, 1.165) is 32.2 Å². The van der Waals surface area contributed by atoms with Crippen LogP contribution in [0.15, 0.2) is 18.2 Å². The van der Waals surface area contributed by atoms with Gasteiger partial charge in [0.15, 0.2) is 0 Å². The lowest BCUT2D eigenvalue weighted by Crippen LogP contribution is -2.40. The van der Waals surface area contributed by atoms with Gasteiger partial charge in [-0.2, -0.15) is 0 Å². The Kier molecular flexibility index (Phi) is 8.93. The van der Waals surface area contributed by atoms with Crippen LogP contribution in [0.5, 0.6) is 11.5 Å². The molecule has 1 heterocycles. The maximum absolute atomic E-state index is 12.6. The summed E-state index contributed by atoms with van der Waals surface area (Å²) < 4.78 is 11.1. The van der Waals surface area contributed by atoms with Crippen molar-refractivity contribution in [3.05, 3.63) is 18.2 Å². The molecule has 1 aliphatic rings. The summed E-state index contributed by atoms with van der Waals surface area (Å²) in [6.45, 7) is 5.77. The molecule has 1 aromatic rings. The number of carbonyl (C=O) groups excluding carboxylic acids is 1. The van der Waals surface area contributed by atoms with Gasteiger partial charge < -0.3 is 20.1 Å². The molecule has 136 valence electrons. The van der Waals surface area contributed by atoms with Gasteiger partial charge in [-0.25, -0.2) is 0 Å². The fourth-order valence-electron chi connectivity index (χ4n) is 2.79. The molecule has 0 unspecified atom stereocenters. The van der Waals surface area contributed by atoms with Crippen molar-refractivity contribution in [2.45, 2.75) is 45.6 Å². The topological polar surface area (TPSA) is 59.6 Å². The van der Waals surface area contributed by atoms with E-state index >= 15 is 0 Å². The monoisotopic (exact) mass is 356 g/mol. The van der Waals surface area contributed by atoms with Crippen molar-refractivity contribution in [2.75, 3.05) is 25.6 Å². The Bertz CT molecular complexity index is 525. The number of methoxy groups -OCH3 is 1. The van der Waals surface area contributed by atoms with Crippen molar-refractivity contribution in [3.63, 3.8) is 0 Å². The van der Waals surface area contributed by atoms with Crippen LogP contribution in [0.4, 0.5) is 5.69 Å². The predicted octanol–water partition coefficient (Wildman–Crippen LogP) is 3.62. The minimum Gasteiger partial charge on any atom is -0.497 e. The Hall–Kier alpha value is -1.46. The maximum Gasteiger partial charge on any atom is 0.227 e. The quantitative estimate of drug-likeness (QED) is 0.732. The van der Waals surface area contributed by atoms with Crippen LogP contribution in [0, 0.1) is 5.92 Å². The Labute approximate surface area is 150 Å². The molecule has 0 aromatic heterocycles. The number of benzene rings is 1. The summed E-state index contributed by atoms with van der Waals surface area (Å²) >= 11 is 0. The van der Waals surface area contributed by atoms with Crippen LogP contribution in [0.25, 0.3) is 0 Å². The smallest absolute Gasteiger partial charge is 0.227 e. The van der Waals surface area contributed by atoms with Crippen molar-refractivity contribution in [1.82, 2.24) is 5.32 Å². The molecule has 2 atom stereocenters. The van der Waals surface area contributed by atoms with Crippen LogP contribution in [0.2, 0.25) is 0 Å². The summed E-state index contributed by atoms with van der Waals surface area (Å²) in [5.41, 5.74) is 0.691. The number of halogens is 1. The lowest BCUT2D eigenvalue weighted by Gasteiger charge is -2.27. The molecule has 5 nitrogen and oxygen atoms in total. The van der Waals surface area contributed by atoms with Crippen LogP contribution in [-0.4, -0.2) is 32.2 Å². The van der Waals surface area contributed by atoms with E-state index in [1.165, 1.54) is 0 Å². The van der Waals surface area contributed by atoms with Crippen LogP contribution in [-0.2, 0) is 4.79 Å². The third kappa shape index (κ3) is 5.87. The van der Waals surface area contributed by atoms with E-state index in [-0.39, 0.29) is 24.2 Å². The van der Waals surface area contributed by atoms with E-state index in [9.17, 15) is 4.79 Å². The molecule has 6 heteroatoms. The minimum absolute atomic E-state index is 0. The highest BCUT2D eigenvalue weighted by molar-refractivity contribution is 5.94. The van der Waals surface area contributed by atoms with Gasteiger partial charge in [-0.15, -0.1) is 12.4 Å². The summed E-state index contributed by atoms with van der Waals surface area (Å²) in [6, 6.07) is 5.91. The van der Waals surface area contributed by atoms with Gasteiger partial charge in [0.25, 0.3) is 0 Å². The number of rotatable bonds is 7. The van der Waals surface area contributed by atoms with Crippen LogP contribution < -0.4 is 20.1 Å². The molecule has 0 bridgehead atoms. The molecule has 2 N–H and O–H groups in total. The Morgan fingerprint density at radius 2 is 2.21 bits per heavy atom. The lowest BCUT2D eigenvalue weighted by molar-refractivity contribution is -0.120. The van der Waals surface area contributed by atoms with Crippen molar-refractivity contribution in [2.24, 2.45) is 5.92 Å². The van der Waals surface area contributed by atoms with Crippen LogP contribution >= 0.6 is 12.4 Å². The molecule has 2 rings (SSSR count). The maximum atomic E-state index is 12.6. The molecular weight excluding hydrogens is 328 g/mol. The molecule has 1 saturated heterocycles. The molecule has 1 aliphatic heterocycles. The number of anilines is 1. The van der Waals surface area contributed by atoms with Gasteiger partial charge >= 0.3 is 0 Å². The number of nitrogens with one attached hydrogen (secondary N) is 2. The van der Waals surface area contributed by atoms with Crippen molar-refractivity contribution >= 4 is 24.0 Å². The summed E-state index contributed by atoms with van der Waals surface area (Å²) in [5, 5.41) is 6.40. The second-order valence-electron chi connectivity index (χ2n) is 6.13. The lowest BCUT2D eigenvalue weighted by atomic mass is 9.92. The molecule has 24 heavy (non-hydrogen) atoms. The van der Waals surface area contributed by atoms with Gasteiger partial charge in [0, 0.05) is 18.0 Å². The van der Waals surface area contributed by atoms with Crippen molar-refractivity contribution < 1.29 is 14.3 Å². The average Bonchev–Trinajstić information content (AvgIpc) is 2.56. The van der Waals surface area contributed by atoms with Crippen LogP contribution in [0.3, 0.4) is 0 Å². The number of ether oxygens (including phenoxy) is 2. The van der Waals surface area contributed by atoms with Gasteiger partial charge in [-0.1, -0.05) is 13.3 Å². The molecule has 0 spiro atoms. The molecule has 0 radical (unpaired) electrons. The first-order chi connectivity index (χ1) is 11.1. The van der Waals surface area contributed by atoms with E-state index < -0.39 is 0 Å². The van der Waals surface area contributed by atoms with Gasteiger partial charge in [0.1, 0.15) is 11.5 Å². The zero-order chi connectivity index (χ0) is 16.7. The van der Waals surface area contributed by atoms with E-state index in [1.54, 1.807) is 7.11 Å². The van der Waals surface area contributed by atoms with Gasteiger partial charge in [0.05, 0.1) is 19.4 Å². The normalized spacial score (nSPS) is 20.0. The van der Waals surface area contributed by atoms with Crippen molar-refractivity contribution in [3.8, 4) is 11.5 Å². The predicted molar refractivity (Wildman–Crippen MR) is 99.5 cm³/mol. The number of amides is 1. The van der Waals surface area contributed by atoms with E-state index in [0.29, 0.717) is 29.8 Å². The number of hydrogen-bond acceptors (Lipinski definition) is 4. The fourth-order valence-corrected chi connectivity index (χ4v) is 2.79. The summed E-state index contributed by atoms with van der Waals surface area (Å²) in [5.74, 6) is 1.52.